The van der Waals surface area contributed by atoms with Gasteiger partial charge in [-0.15, -0.1) is 0 Å². The molecule has 0 saturated carbocycles. The van der Waals surface area contributed by atoms with Gasteiger partial charge in [-0.1, -0.05) is 49.3 Å². The first-order valence-corrected chi connectivity index (χ1v) is 11.3. The predicted molar refractivity (Wildman–Crippen MR) is 128 cm³/mol. The number of halogens is 1. The molecule has 10 heteroatoms. The van der Waals surface area contributed by atoms with Gasteiger partial charge < -0.3 is 5.32 Å². The van der Waals surface area contributed by atoms with Gasteiger partial charge in [0.05, 0.1) is 31.8 Å². The van der Waals surface area contributed by atoms with Gasteiger partial charge in [-0.2, -0.15) is 0 Å². The Kier molecular flexibility index (Phi) is 7.52. The zero-order chi connectivity index (χ0) is 23.4. The zero-order valence-electron chi connectivity index (χ0n) is 17.9. The lowest BCUT2D eigenvalue weighted by Gasteiger charge is -2.17. The second-order valence-electron chi connectivity index (χ2n) is 7.72. The van der Waals surface area contributed by atoms with E-state index in [1.807, 2.05) is 6.07 Å². The number of amides is 1. The SMILES string of the molecule is CC(C)CCn1c(SC(C)C(=O)Nc2ccc([N+](=O)[O-])cc2Cl)nc2ccccc2c1=O. The molecule has 0 aliphatic carbocycles. The average molecular weight is 475 g/mol. The lowest BCUT2D eigenvalue weighted by molar-refractivity contribution is -0.384. The number of rotatable bonds is 8. The van der Waals surface area contributed by atoms with E-state index in [1.165, 1.54) is 30.0 Å². The van der Waals surface area contributed by atoms with Crippen LogP contribution in [0.15, 0.2) is 52.4 Å². The van der Waals surface area contributed by atoms with E-state index >= 15 is 0 Å². The molecular weight excluding hydrogens is 452 g/mol. The number of non-ortho nitro benzene ring substituents is 1. The van der Waals surface area contributed by atoms with Crippen LogP contribution in [-0.4, -0.2) is 25.6 Å². The van der Waals surface area contributed by atoms with E-state index < -0.39 is 10.2 Å². The van der Waals surface area contributed by atoms with Crippen LogP contribution in [0.5, 0.6) is 0 Å². The lowest BCUT2D eigenvalue weighted by atomic mass is 10.1. The van der Waals surface area contributed by atoms with Crippen LogP contribution in [0.1, 0.15) is 27.2 Å². The van der Waals surface area contributed by atoms with E-state index in [9.17, 15) is 19.7 Å². The summed E-state index contributed by atoms with van der Waals surface area (Å²) in [4.78, 5) is 40.8. The van der Waals surface area contributed by atoms with Crippen molar-refractivity contribution in [3.63, 3.8) is 0 Å². The predicted octanol–water partition coefficient (Wildman–Crippen LogP) is 5.12. The van der Waals surface area contributed by atoms with E-state index in [0.29, 0.717) is 28.5 Å². The third kappa shape index (κ3) is 5.46. The minimum Gasteiger partial charge on any atom is -0.324 e. The first kappa shape index (κ1) is 23.7. The Balaban J connectivity index is 1.86. The molecule has 1 unspecified atom stereocenters. The number of aromatic nitrogens is 2. The quantitative estimate of drug-likeness (QED) is 0.210. The Morgan fingerprint density at radius 3 is 2.62 bits per heavy atom. The maximum atomic E-state index is 13.1. The Bertz CT molecular complexity index is 1230. The van der Waals surface area contributed by atoms with Crippen molar-refractivity contribution in [1.29, 1.82) is 0 Å². The smallest absolute Gasteiger partial charge is 0.271 e. The molecule has 32 heavy (non-hydrogen) atoms. The molecule has 1 N–H and O–H groups in total. The Hall–Kier alpha value is -2.91. The van der Waals surface area contributed by atoms with Gasteiger partial charge in [-0.3, -0.25) is 24.3 Å². The number of fused-ring (bicyclic) bond motifs is 1. The van der Waals surface area contributed by atoms with Gasteiger partial charge in [-0.25, -0.2) is 4.98 Å². The molecule has 0 radical (unpaired) electrons. The van der Waals surface area contributed by atoms with Crippen LogP contribution in [0.3, 0.4) is 0 Å². The molecule has 8 nitrogen and oxygen atoms in total. The van der Waals surface area contributed by atoms with Gasteiger partial charge >= 0.3 is 0 Å². The highest BCUT2D eigenvalue weighted by molar-refractivity contribution is 8.00. The van der Waals surface area contributed by atoms with Gasteiger partial charge in [0.2, 0.25) is 5.91 Å². The number of hydrogen-bond donors (Lipinski definition) is 1. The van der Waals surface area contributed by atoms with E-state index in [1.54, 1.807) is 29.7 Å². The molecule has 0 aliphatic heterocycles. The summed E-state index contributed by atoms with van der Waals surface area (Å²) in [5, 5.41) is 14.0. The normalized spacial score (nSPS) is 12.2. The number of nitro benzene ring substituents is 1. The molecule has 168 valence electrons. The molecule has 1 amide bonds. The standard InChI is InChI=1S/C22H23ClN4O4S/c1-13(2)10-11-26-21(29)16-6-4-5-7-18(16)25-22(26)32-14(3)20(28)24-19-9-8-15(27(30)31)12-17(19)23/h4-9,12-14H,10-11H2,1-3H3,(H,24,28). The first-order valence-electron chi connectivity index (χ1n) is 10.1. The van der Waals surface area contributed by atoms with Crippen LogP contribution in [0.4, 0.5) is 11.4 Å². The highest BCUT2D eigenvalue weighted by Gasteiger charge is 2.21. The maximum Gasteiger partial charge on any atom is 0.271 e. The molecule has 3 rings (SSSR count). The summed E-state index contributed by atoms with van der Waals surface area (Å²) in [6, 6.07) is 11.0. The highest BCUT2D eigenvalue weighted by Crippen LogP contribution is 2.29. The molecule has 0 bridgehead atoms. The summed E-state index contributed by atoms with van der Waals surface area (Å²) >= 11 is 7.26. The monoisotopic (exact) mass is 474 g/mol. The van der Waals surface area contributed by atoms with Crippen LogP contribution >= 0.6 is 23.4 Å². The van der Waals surface area contributed by atoms with Crippen LogP contribution in [0.2, 0.25) is 5.02 Å². The van der Waals surface area contributed by atoms with Crippen molar-refractivity contribution in [3.05, 3.63) is 68.0 Å². The number of carbonyl (C=O) groups is 1. The Morgan fingerprint density at radius 1 is 1.25 bits per heavy atom. The van der Waals surface area contributed by atoms with Crippen LogP contribution < -0.4 is 10.9 Å². The summed E-state index contributed by atoms with van der Waals surface area (Å²) < 4.78 is 1.62. The Labute approximate surface area is 194 Å². The van der Waals surface area contributed by atoms with E-state index in [0.717, 1.165) is 6.42 Å². The number of nitro groups is 1. The maximum absolute atomic E-state index is 13.1. The lowest BCUT2D eigenvalue weighted by Crippen LogP contribution is -2.27. The third-order valence-corrected chi connectivity index (χ3v) is 6.23. The average Bonchev–Trinajstić information content (AvgIpc) is 2.74. The fourth-order valence-electron chi connectivity index (χ4n) is 2.99. The molecular formula is C22H23ClN4O4S. The molecule has 1 heterocycles. The van der Waals surface area contributed by atoms with Crippen molar-refractivity contribution in [2.75, 3.05) is 5.32 Å². The number of hydrogen-bond acceptors (Lipinski definition) is 6. The molecule has 0 fully saturated rings. The summed E-state index contributed by atoms with van der Waals surface area (Å²) in [5.41, 5.74) is 0.555. The van der Waals surface area contributed by atoms with Gasteiger partial charge in [0.15, 0.2) is 5.16 Å². The largest absolute Gasteiger partial charge is 0.324 e. The fourth-order valence-corrected chi connectivity index (χ4v) is 4.14. The highest BCUT2D eigenvalue weighted by atomic mass is 35.5. The number of benzene rings is 2. The van der Waals surface area contributed by atoms with Crippen molar-refractivity contribution < 1.29 is 9.72 Å². The van der Waals surface area contributed by atoms with E-state index in [2.05, 4.69) is 24.1 Å². The second kappa shape index (κ2) is 10.1. The van der Waals surface area contributed by atoms with Crippen molar-refractivity contribution in [2.24, 2.45) is 5.92 Å². The number of carbonyl (C=O) groups excluding carboxylic acids is 1. The van der Waals surface area contributed by atoms with Gasteiger partial charge in [0.1, 0.15) is 0 Å². The molecule has 0 saturated heterocycles. The second-order valence-corrected chi connectivity index (χ2v) is 9.44. The van der Waals surface area contributed by atoms with Crippen molar-refractivity contribution in [2.45, 2.75) is 44.1 Å². The van der Waals surface area contributed by atoms with Crippen molar-refractivity contribution >= 4 is 51.5 Å². The fraction of sp³-hybridized carbons (Fsp3) is 0.318. The zero-order valence-corrected chi connectivity index (χ0v) is 19.4. The Morgan fingerprint density at radius 2 is 1.97 bits per heavy atom. The van der Waals surface area contributed by atoms with Crippen LogP contribution in [0.25, 0.3) is 10.9 Å². The molecule has 0 aliphatic rings. The summed E-state index contributed by atoms with van der Waals surface area (Å²) in [6.07, 6.45) is 0.798. The summed E-state index contributed by atoms with van der Waals surface area (Å²) in [5.74, 6) is 0.0415. The molecule has 2 aromatic carbocycles. The molecule has 1 atom stereocenters. The minimum atomic E-state index is -0.598. The topological polar surface area (TPSA) is 107 Å². The van der Waals surface area contributed by atoms with Crippen molar-refractivity contribution in [3.8, 4) is 0 Å². The number of nitrogens with zero attached hydrogens (tertiary/aromatic N) is 3. The third-order valence-electron chi connectivity index (χ3n) is 4.83. The summed E-state index contributed by atoms with van der Waals surface area (Å²) in [7, 11) is 0. The molecule has 1 aromatic heterocycles. The van der Waals surface area contributed by atoms with Crippen LogP contribution in [-0.2, 0) is 11.3 Å². The summed E-state index contributed by atoms with van der Waals surface area (Å²) in [6.45, 7) is 6.36. The number of anilines is 1. The molecule has 3 aromatic rings. The number of thioether (sulfide) groups is 1. The minimum absolute atomic E-state index is 0.0717. The van der Waals surface area contributed by atoms with Gasteiger partial charge in [0.25, 0.3) is 11.2 Å². The number of nitrogens with one attached hydrogen (secondary N) is 1. The van der Waals surface area contributed by atoms with E-state index in [4.69, 9.17) is 11.6 Å². The van der Waals surface area contributed by atoms with E-state index in [-0.39, 0.29) is 27.9 Å². The number of para-hydroxylation sites is 1. The van der Waals surface area contributed by atoms with Crippen LogP contribution in [0, 0.1) is 16.0 Å². The first-order chi connectivity index (χ1) is 15.2. The van der Waals surface area contributed by atoms with Gasteiger partial charge in [0, 0.05) is 18.7 Å². The van der Waals surface area contributed by atoms with Crippen molar-refractivity contribution in [1.82, 2.24) is 9.55 Å². The molecule has 0 spiro atoms. The van der Waals surface area contributed by atoms with Gasteiger partial charge in [-0.05, 0) is 37.5 Å².